The predicted octanol–water partition coefficient (Wildman–Crippen LogP) is 3.69. The zero-order chi connectivity index (χ0) is 17.5. The van der Waals surface area contributed by atoms with Gasteiger partial charge in [0.1, 0.15) is 11.9 Å². The Hall–Kier alpha value is -1.85. The molecule has 1 saturated heterocycles. The van der Waals surface area contributed by atoms with Gasteiger partial charge in [-0.25, -0.2) is 0 Å². The monoisotopic (exact) mass is 368 g/mol. The smallest absolute Gasteiger partial charge is 0.237 e. The van der Waals surface area contributed by atoms with E-state index in [-0.39, 0.29) is 6.10 Å². The first-order chi connectivity index (χ1) is 12.8. The number of likely N-dealkylation sites (tertiary alicyclic amines) is 1. The van der Waals surface area contributed by atoms with Gasteiger partial charge < -0.3 is 9.64 Å². The Morgan fingerprint density at radius 2 is 2.12 bits per heavy atom. The van der Waals surface area contributed by atoms with Crippen LogP contribution in [0.15, 0.2) is 41.1 Å². The normalized spacial score (nSPS) is 27.8. The summed E-state index contributed by atoms with van der Waals surface area (Å²) in [6, 6.07) is 10.8. The number of piperidine rings is 1. The fraction of sp³-hybridized carbons (Fsp3) is 0.476. The van der Waals surface area contributed by atoms with Crippen LogP contribution in [0.2, 0.25) is 0 Å². The zero-order valence-corrected chi connectivity index (χ0v) is 15.7. The van der Waals surface area contributed by atoms with Crippen molar-refractivity contribution in [1.82, 2.24) is 9.80 Å². The Morgan fingerprint density at radius 1 is 1.19 bits per heavy atom. The van der Waals surface area contributed by atoms with Crippen LogP contribution in [0.25, 0.3) is 0 Å². The SMILES string of the molecule is O=C(CN1Cc2ccccc2OC(c2ccsc2)C1)N1CC2CCC1C2. The van der Waals surface area contributed by atoms with Gasteiger partial charge in [0.15, 0.2) is 0 Å². The lowest BCUT2D eigenvalue weighted by molar-refractivity contribution is -0.134. The number of benzene rings is 1. The summed E-state index contributed by atoms with van der Waals surface area (Å²) >= 11 is 1.69. The van der Waals surface area contributed by atoms with Gasteiger partial charge in [0.05, 0.1) is 6.54 Å². The first kappa shape index (κ1) is 16.3. The maximum atomic E-state index is 13.0. The quantitative estimate of drug-likeness (QED) is 0.828. The number of hydrogen-bond acceptors (Lipinski definition) is 4. The van der Waals surface area contributed by atoms with Gasteiger partial charge in [0.25, 0.3) is 0 Å². The Bertz CT molecular complexity index is 791. The van der Waals surface area contributed by atoms with Gasteiger partial charge in [0, 0.05) is 36.8 Å². The predicted molar refractivity (Wildman–Crippen MR) is 102 cm³/mol. The first-order valence-electron chi connectivity index (χ1n) is 9.55. The summed E-state index contributed by atoms with van der Waals surface area (Å²) < 4.78 is 6.33. The largest absolute Gasteiger partial charge is 0.484 e. The molecule has 4 nitrogen and oxygen atoms in total. The molecule has 1 saturated carbocycles. The van der Waals surface area contributed by atoms with Gasteiger partial charge in [-0.3, -0.25) is 9.69 Å². The molecule has 26 heavy (non-hydrogen) atoms. The molecule has 1 aromatic carbocycles. The first-order valence-corrected chi connectivity index (χ1v) is 10.5. The number of carbonyl (C=O) groups is 1. The molecule has 0 spiro atoms. The van der Waals surface area contributed by atoms with Crippen molar-refractivity contribution >= 4 is 17.2 Å². The number of carbonyl (C=O) groups excluding carboxylic acids is 1. The lowest BCUT2D eigenvalue weighted by atomic mass is 10.1. The van der Waals surface area contributed by atoms with Crippen molar-refractivity contribution in [3.05, 3.63) is 52.2 Å². The fourth-order valence-electron chi connectivity index (χ4n) is 4.74. The lowest BCUT2D eigenvalue weighted by Crippen LogP contribution is -2.44. The molecule has 0 radical (unpaired) electrons. The molecule has 2 fully saturated rings. The summed E-state index contributed by atoms with van der Waals surface area (Å²) in [4.78, 5) is 17.4. The molecule has 2 aliphatic heterocycles. The average Bonchev–Trinajstić information content (AvgIpc) is 3.38. The van der Waals surface area contributed by atoms with E-state index in [0.29, 0.717) is 18.5 Å². The van der Waals surface area contributed by atoms with Crippen LogP contribution < -0.4 is 4.74 Å². The topological polar surface area (TPSA) is 32.8 Å². The molecule has 3 atom stereocenters. The second kappa shape index (κ2) is 6.71. The van der Waals surface area contributed by atoms with Gasteiger partial charge >= 0.3 is 0 Å². The second-order valence-corrected chi connectivity index (χ2v) is 8.60. The van der Waals surface area contributed by atoms with Crippen LogP contribution in [0.3, 0.4) is 0 Å². The van der Waals surface area contributed by atoms with E-state index in [2.05, 4.69) is 32.7 Å². The van der Waals surface area contributed by atoms with Crippen LogP contribution in [0, 0.1) is 5.92 Å². The van der Waals surface area contributed by atoms with Crippen molar-refractivity contribution in [2.75, 3.05) is 19.6 Å². The van der Waals surface area contributed by atoms with E-state index in [4.69, 9.17) is 4.74 Å². The number of para-hydroxylation sites is 1. The molecule has 0 N–H and O–H groups in total. The van der Waals surface area contributed by atoms with Gasteiger partial charge in [-0.2, -0.15) is 11.3 Å². The summed E-state index contributed by atoms with van der Waals surface area (Å²) in [5, 5.41) is 4.24. The third-order valence-electron chi connectivity index (χ3n) is 6.06. The summed E-state index contributed by atoms with van der Waals surface area (Å²) in [5.41, 5.74) is 2.37. The number of nitrogens with zero attached hydrogens (tertiary/aromatic N) is 2. The highest BCUT2D eigenvalue weighted by molar-refractivity contribution is 7.07. The summed E-state index contributed by atoms with van der Waals surface area (Å²) in [7, 11) is 0. The van der Waals surface area contributed by atoms with E-state index < -0.39 is 0 Å². The standard InChI is InChI=1S/C21H24N2O2S/c24-21(23-10-15-5-6-18(23)9-15)13-22-11-16-3-1-2-4-19(16)25-20(12-22)17-7-8-26-14-17/h1-4,7-8,14-15,18,20H,5-6,9-13H2. The molecule has 1 aromatic heterocycles. The molecule has 136 valence electrons. The van der Waals surface area contributed by atoms with Gasteiger partial charge in [-0.15, -0.1) is 0 Å². The van der Waals surface area contributed by atoms with Crippen LogP contribution in [-0.2, 0) is 11.3 Å². The van der Waals surface area contributed by atoms with E-state index in [1.807, 2.05) is 18.2 Å². The molecular weight excluding hydrogens is 344 g/mol. The van der Waals surface area contributed by atoms with E-state index in [1.54, 1.807) is 11.3 Å². The second-order valence-electron chi connectivity index (χ2n) is 7.82. The minimum Gasteiger partial charge on any atom is -0.484 e. The molecule has 3 heterocycles. The molecule has 2 aromatic rings. The number of hydrogen-bond donors (Lipinski definition) is 0. The van der Waals surface area contributed by atoms with Crippen molar-refractivity contribution < 1.29 is 9.53 Å². The van der Waals surface area contributed by atoms with E-state index >= 15 is 0 Å². The molecule has 5 heteroatoms. The van der Waals surface area contributed by atoms with Crippen LogP contribution >= 0.6 is 11.3 Å². The van der Waals surface area contributed by atoms with Crippen molar-refractivity contribution in [2.45, 2.75) is 38.0 Å². The molecule has 1 aliphatic carbocycles. The molecule has 2 bridgehead atoms. The number of ether oxygens (including phenoxy) is 1. The highest BCUT2D eigenvalue weighted by atomic mass is 32.1. The molecule has 1 amide bonds. The average molecular weight is 369 g/mol. The van der Waals surface area contributed by atoms with Crippen LogP contribution in [0.1, 0.15) is 36.5 Å². The summed E-state index contributed by atoms with van der Waals surface area (Å²) in [5.74, 6) is 1.98. The summed E-state index contributed by atoms with van der Waals surface area (Å²) in [6.45, 7) is 2.98. The number of fused-ring (bicyclic) bond motifs is 3. The minimum atomic E-state index is -0.0206. The van der Waals surface area contributed by atoms with Crippen LogP contribution in [-0.4, -0.2) is 41.4 Å². The Balaban J connectivity index is 1.36. The van der Waals surface area contributed by atoms with Crippen molar-refractivity contribution in [3.8, 4) is 5.75 Å². The van der Waals surface area contributed by atoms with Gasteiger partial charge in [0.2, 0.25) is 5.91 Å². The van der Waals surface area contributed by atoms with E-state index in [9.17, 15) is 4.79 Å². The Kier molecular flexibility index (Phi) is 4.21. The highest BCUT2D eigenvalue weighted by Gasteiger charge is 2.40. The van der Waals surface area contributed by atoms with E-state index in [1.165, 1.54) is 30.4 Å². The number of thiophene rings is 1. The lowest BCUT2D eigenvalue weighted by Gasteiger charge is -2.30. The molecule has 3 aliphatic rings. The number of amides is 1. The molecular formula is C21H24N2O2S. The van der Waals surface area contributed by atoms with Gasteiger partial charge in [-0.1, -0.05) is 18.2 Å². The zero-order valence-electron chi connectivity index (χ0n) is 14.8. The van der Waals surface area contributed by atoms with E-state index in [0.717, 1.165) is 31.3 Å². The van der Waals surface area contributed by atoms with Crippen LogP contribution in [0.5, 0.6) is 5.75 Å². The number of rotatable bonds is 3. The molecule has 3 unspecified atom stereocenters. The van der Waals surface area contributed by atoms with Crippen molar-refractivity contribution in [1.29, 1.82) is 0 Å². The minimum absolute atomic E-state index is 0.0206. The Labute approximate surface area is 158 Å². The maximum Gasteiger partial charge on any atom is 0.237 e. The van der Waals surface area contributed by atoms with Crippen molar-refractivity contribution in [2.24, 2.45) is 5.92 Å². The Morgan fingerprint density at radius 3 is 2.88 bits per heavy atom. The maximum absolute atomic E-state index is 13.0. The van der Waals surface area contributed by atoms with Crippen molar-refractivity contribution in [3.63, 3.8) is 0 Å². The summed E-state index contributed by atoms with van der Waals surface area (Å²) in [6.07, 6.45) is 3.70. The third kappa shape index (κ3) is 3.03. The highest BCUT2D eigenvalue weighted by Crippen LogP contribution is 2.38. The molecule has 5 rings (SSSR count). The third-order valence-corrected chi connectivity index (χ3v) is 6.76. The van der Waals surface area contributed by atoms with Gasteiger partial charge in [-0.05, 0) is 48.1 Å². The fourth-order valence-corrected chi connectivity index (χ4v) is 5.45. The van der Waals surface area contributed by atoms with Crippen LogP contribution in [0.4, 0.5) is 0 Å².